The van der Waals surface area contributed by atoms with E-state index in [4.69, 9.17) is 21.1 Å². The molecule has 1 aromatic carbocycles. The SMILES string of the molecule is COc1nc(CNC(=O)COc2ccc(Cl)cc2)nc(N2CCCCC2)n1. The Balaban J connectivity index is 1.56. The lowest BCUT2D eigenvalue weighted by Gasteiger charge is -2.26. The predicted molar refractivity (Wildman–Crippen MR) is 101 cm³/mol. The standard InChI is InChI=1S/C18H22ClN5O3/c1-26-18-22-15(21-17(23-18)24-9-3-2-4-10-24)11-20-16(25)12-27-14-7-5-13(19)6-8-14/h5-8H,2-4,9-12H2,1H3,(H,20,25). The van der Waals surface area contributed by atoms with Gasteiger partial charge in [-0.05, 0) is 43.5 Å². The van der Waals surface area contributed by atoms with E-state index in [2.05, 4.69) is 25.2 Å². The number of nitrogens with one attached hydrogen (secondary N) is 1. The number of ether oxygens (including phenoxy) is 2. The van der Waals surface area contributed by atoms with Gasteiger partial charge in [0.1, 0.15) is 5.75 Å². The summed E-state index contributed by atoms with van der Waals surface area (Å²) < 4.78 is 10.6. The second-order valence-electron chi connectivity index (χ2n) is 6.11. The number of amides is 1. The summed E-state index contributed by atoms with van der Waals surface area (Å²) in [5.74, 6) is 1.33. The number of methoxy groups -OCH3 is 1. The molecule has 3 rings (SSSR count). The summed E-state index contributed by atoms with van der Waals surface area (Å²) in [5.41, 5.74) is 0. The minimum Gasteiger partial charge on any atom is -0.484 e. The second-order valence-corrected chi connectivity index (χ2v) is 6.54. The summed E-state index contributed by atoms with van der Waals surface area (Å²) in [6, 6.07) is 7.06. The molecule has 144 valence electrons. The molecule has 0 unspecified atom stereocenters. The molecule has 1 aliphatic heterocycles. The van der Waals surface area contributed by atoms with E-state index in [1.807, 2.05) is 0 Å². The highest BCUT2D eigenvalue weighted by Crippen LogP contribution is 2.18. The number of nitrogens with zero attached hydrogens (tertiary/aromatic N) is 4. The van der Waals surface area contributed by atoms with E-state index in [0.29, 0.717) is 22.5 Å². The topological polar surface area (TPSA) is 89.5 Å². The van der Waals surface area contributed by atoms with Crippen molar-refractivity contribution in [2.75, 3.05) is 31.7 Å². The highest BCUT2D eigenvalue weighted by Gasteiger charge is 2.17. The minimum atomic E-state index is -0.274. The van der Waals surface area contributed by atoms with Gasteiger partial charge in [-0.25, -0.2) is 0 Å². The van der Waals surface area contributed by atoms with Crippen molar-refractivity contribution in [1.29, 1.82) is 0 Å². The predicted octanol–water partition coefficient (Wildman–Crippen LogP) is 2.22. The van der Waals surface area contributed by atoms with E-state index >= 15 is 0 Å². The smallest absolute Gasteiger partial charge is 0.321 e. The number of rotatable bonds is 7. The number of carbonyl (C=O) groups excluding carboxylic acids is 1. The van der Waals surface area contributed by atoms with Crippen LogP contribution in [0.15, 0.2) is 24.3 Å². The third-order valence-corrected chi connectivity index (χ3v) is 4.35. The molecule has 0 spiro atoms. The number of piperidine rings is 1. The minimum absolute atomic E-state index is 0.108. The van der Waals surface area contributed by atoms with Gasteiger partial charge in [0.05, 0.1) is 13.7 Å². The van der Waals surface area contributed by atoms with Crippen molar-refractivity contribution >= 4 is 23.5 Å². The molecule has 1 aromatic heterocycles. The molecule has 0 radical (unpaired) electrons. The Labute approximate surface area is 162 Å². The van der Waals surface area contributed by atoms with Gasteiger partial charge in [-0.1, -0.05) is 11.6 Å². The first-order chi connectivity index (χ1) is 13.1. The fourth-order valence-electron chi connectivity index (χ4n) is 2.70. The zero-order chi connectivity index (χ0) is 19.1. The van der Waals surface area contributed by atoms with Crippen molar-refractivity contribution in [1.82, 2.24) is 20.3 Å². The first-order valence-corrected chi connectivity index (χ1v) is 9.21. The van der Waals surface area contributed by atoms with E-state index in [1.165, 1.54) is 13.5 Å². The third-order valence-electron chi connectivity index (χ3n) is 4.10. The van der Waals surface area contributed by atoms with Crippen molar-refractivity contribution in [3.8, 4) is 11.8 Å². The van der Waals surface area contributed by atoms with E-state index in [1.54, 1.807) is 24.3 Å². The number of halogens is 1. The molecule has 1 amide bonds. The van der Waals surface area contributed by atoms with Crippen LogP contribution < -0.4 is 19.7 Å². The van der Waals surface area contributed by atoms with Crippen LogP contribution >= 0.6 is 11.6 Å². The van der Waals surface area contributed by atoms with E-state index in [-0.39, 0.29) is 25.1 Å². The lowest BCUT2D eigenvalue weighted by molar-refractivity contribution is -0.123. The zero-order valence-electron chi connectivity index (χ0n) is 15.2. The summed E-state index contributed by atoms with van der Waals surface area (Å²) in [5, 5.41) is 3.36. The molecule has 1 saturated heterocycles. The third kappa shape index (κ3) is 5.68. The van der Waals surface area contributed by atoms with E-state index in [9.17, 15) is 4.79 Å². The monoisotopic (exact) mass is 391 g/mol. The molecule has 8 nitrogen and oxygen atoms in total. The molecule has 1 fully saturated rings. The van der Waals surface area contributed by atoms with Crippen molar-refractivity contribution in [3.05, 3.63) is 35.1 Å². The van der Waals surface area contributed by atoms with E-state index < -0.39 is 0 Å². The van der Waals surface area contributed by atoms with Gasteiger partial charge in [0, 0.05) is 18.1 Å². The van der Waals surface area contributed by atoms with Crippen molar-refractivity contribution in [2.45, 2.75) is 25.8 Å². The van der Waals surface area contributed by atoms with Crippen LogP contribution in [0.3, 0.4) is 0 Å². The molecule has 2 aromatic rings. The Morgan fingerprint density at radius 2 is 1.89 bits per heavy atom. The van der Waals surface area contributed by atoms with Crippen molar-refractivity contribution in [3.63, 3.8) is 0 Å². The van der Waals surface area contributed by atoms with Crippen LogP contribution in [0.25, 0.3) is 0 Å². The van der Waals surface area contributed by atoms with Gasteiger partial charge < -0.3 is 19.7 Å². The zero-order valence-corrected chi connectivity index (χ0v) is 15.9. The normalized spacial score (nSPS) is 13.9. The second kappa shape index (κ2) is 9.36. The largest absolute Gasteiger partial charge is 0.484 e. The van der Waals surface area contributed by atoms with Gasteiger partial charge in [-0.15, -0.1) is 0 Å². The summed E-state index contributed by atoms with van der Waals surface area (Å²) >= 11 is 5.82. The van der Waals surface area contributed by atoms with Crippen LogP contribution in [-0.2, 0) is 11.3 Å². The summed E-state index contributed by atoms with van der Waals surface area (Å²) in [6.07, 6.45) is 3.44. The summed E-state index contributed by atoms with van der Waals surface area (Å²) in [7, 11) is 1.51. The fourth-order valence-corrected chi connectivity index (χ4v) is 2.83. The highest BCUT2D eigenvalue weighted by atomic mass is 35.5. The average molecular weight is 392 g/mol. The van der Waals surface area contributed by atoms with E-state index in [0.717, 1.165) is 25.9 Å². The van der Waals surface area contributed by atoms with Crippen molar-refractivity contribution < 1.29 is 14.3 Å². The molecule has 1 N–H and O–H groups in total. The quantitative estimate of drug-likeness (QED) is 0.773. The Morgan fingerprint density at radius 3 is 2.59 bits per heavy atom. The van der Waals surface area contributed by atoms with Crippen LogP contribution in [0.5, 0.6) is 11.8 Å². The lowest BCUT2D eigenvalue weighted by Crippen LogP contribution is -2.32. The number of hydrogen-bond acceptors (Lipinski definition) is 7. The van der Waals surface area contributed by atoms with Crippen LogP contribution in [0.2, 0.25) is 5.02 Å². The van der Waals surface area contributed by atoms with Crippen LogP contribution in [0.4, 0.5) is 5.95 Å². The Kier molecular flexibility index (Phi) is 6.64. The van der Waals surface area contributed by atoms with Gasteiger partial charge in [0.2, 0.25) is 5.95 Å². The number of hydrogen-bond donors (Lipinski definition) is 1. The molecule has 1 aliphatic rings. The molecular weight excluding hydrogens is 370 g/mol. The molecule has 0 aliphatic carbocycles. The maximum atomic E-state index is 12.0. The molecule has 9 heteroatoms. The van der Waals surface area contributed by atoms with Crippen LogP contribution in [-0.4, -0.2) is 47.7 Å². The van der Waals surface area contributed by atoms with Crippen LogP contribution in [0.1, 0.15) is 25.1 Å². The maximum absolute atomic E-state index is 12.0. The summed E-state index contributed by atoms with van der Waals surface area (Å²) in [4.78, 5) is 27.1. The summed E-state index contributed by atoms with van der Waals surface area (Å²) in [6.45, 7) is 1.88. The molecule has 2 heterocycles. The van der Waals surface area contributed by atoms with Gasteiger partial charge in [-0.2, -0.15) is 15.0 Å². The van der Waals surface area contributed by atoms with Gasteiger partial charge in [0.15, 0.2) is 12.4 Å². The van der Waals surface area contributed by atoms with Crippen LogP contribution in [0, 0.1) is 0 Å². The fraction of sp³-hybridized carbons (Fsp3) is 0.444. The molecule has 27 heavy (non-hydrogen) atoms. The number of benzene rings is 1. The maximum Gasteiger partial charge on any atom is 0.321 e. The Morgan fingerprint density at radius 1 is 1.15 bits per heavy atom. The Hall–Kier alpha value is -2.61. The molecule has 0 atom stereocenters. The molecular formula is C18H22ClN5O3. The molecule has 0 saturated carbocycles. The first-order valence-electron chi connectivity index (χ1n) is 8.83. The van der Waals surface area contributed by atoms with Gasteiger partial charge in [-0.3, -0.25) is 4.79 Å². The number of aromatic nitrogens is 3. The average Bonchev–Trinajstić information content (AvgIpc) is 2.72. The Bertz CT molecular complexity index is 766. The number of carbonyl (C=O) groups is 1. The lowest BCUT2D eigenvalue weighted by atomic mass is 10.1. The first kappa shape index (κ1) is 19.2. The van der Waals surface area contributed by atoms with Gasteiger partial charge in [0.25, 0.3) is 5.91 Å². The van der Waals surface area contributed by atoms with Crippen molar-refractivity contribution in [2.24, 2.45) is 0 Å². The highest BCUT2D eigenvalue weighted by molar-refractivity contribution is 6.30. The number of anilines is 1. The van der Waals surface area contributed by atoms with Gasteiger partial charge >= 0.3 is 6.01 Å². The molecule has 0 bridgehead atoms.